The molecule has 0 aliphatic heterocycles. The van der Waals surface area contributed by atoms with E-state index in [1.165, 1.54) is 6.07 Å². The number of hydrogen-bond acceptors (Lipinski definition) is 6. The van der Waals surface area contributed by atoms with Crippen molar-refractivity contribution in [3.63, 3.8) is 0 Å². The van der Waals surface area contributed by atoms with Gasteiger partial charge in [0.2, 0.25) is 0 Å². The first-order valence-electron chi connectivity index (χ1n) is 9.92. The van der Waals surface area contributed by atoms with Crippen LogP contribution < -0.4 is 10.0 Å². The van der Waals surface area contributed by atoms with Gasteiger partial charge in [0.1, 0.15) is 4.21 Å². The van der Waals surface area contributed by atoms with Crippen molar-refractivity contribution < 1.29 is 13.2 Å². The first-order chi connectivity index (χ1) is 15.3. The lowest BCUT2D eigenvalue weighted by Crippen LogP contribution is -2.34. The second kappa shape index (κ2) is 9.41. The highest BCUT2D eigenvalue weighted by Crippen LogP contribution is 2.28. The lowest BCUT2D eigenvalue weighted by Gasteiger charge is -2.24. The van der Waals surface area contributed by atoms with Crippen LogP contribution >= 0.6 is 22.7 Å². The van der Waals surface area contributed by atoms with Crippen LogP contribution in [-0.2, 0) is 10.0 Å². The molecule has 0 aliphatic carbocycles. The Morgan fingerprint density at radius 3 is 2.28 bits per heavy atom. The first-order valence-corrected chi connectivity index (χ1v) is 13.2. The molecular weight excluding hydrogens is 462 g/mol. The van der Waals surface area contributed by atoms with Crippen LogP contribution in [0.1, 0.15) is 21.3 Å². The van der Waals surface area contributed by atoms with E-state index in [4.69, 9.17) is 0 Å². The van der Waals surface area contributed by atoms with E-state index >= 15 is 0 Å². The van der Waals surface area contributed by atoms with Crippen LogP contribution in [0, 0.1) is 0 Å². The molecule has 1 amide bonds. The van der Waals surface area contributed by atoms with Gasteiger partial charge in [-0.15, -0.1) is 22.7 Å². The number of carbonyl (C=O) groups is 1. The monoisotopic (exact) mass is 485 g/mol. The molecule has 1 atom stereocenters. The van der Waals surface area contributed by atoms with Gasteiger partial charge in [0.25, 0.3) is 15.9 Å². The quantitative estimate of drug-likeness (QED) is 0.376. The number of nitrogens with one attached hydrogen (secondary N) is 2. The predicted octanol–water partition coefficient (Wildman–Crippen LogP) is 4.80. The molecule has 1 unspecified atom stereocenters. The average molecular weight is 486 g/mol. The zero-order chi connectivity index (χ0) is 22.7. The molecule has 2 N–H and O–H groups in total. The highest BCUT2D eigenvalue weighted by molar-refractivity contribution is 7.94. The summed E-state index contributed by atoms with van der Waals surface area (Å²) < 4.78 is 28.5. The summed E-state index contributed by atoms with van der Waals surface area (Å²) in [5, 5.41) is 8.40. The van der Waals surface area contributed by atoms with E-state index in [0.29, 0.717) is 6.54 Å². The van der Waals surface area contributed by atoms with Gasteiger partial charge in [-0.2, -0.15) is 0 Å². The van der Waals surface area contributed by atoms with E-state index in [0.717, 1.165) is 27.0 Å². The fraction of sp³-hybridized carbons (Fsp3) is 0.174. The number of fused-ring (bicyclic) bond motifs is 1. The molecule has 2 aromatic carbocycles. The van der Waals surface area contributed by atoms with Gasteiger partial charge in [0, 0.05) is 11.4 Å². The van der Waals surface area contributed by atoms with Crippen molar-refractivity contribution >= 4 is 55.1 Å². The molecule has 6 nitrogen and oxygen atoms in total. The number of anilines is 1. The number of rotatable bonds is 8. The second-order valence-electron chi connectivity index (χ2n) is 7.49. The summed E-state index contributed by atoms with van der Waals surface area (Å²) in [6.07, 6.45) is 0. The summed E-state index contributed by atoms with van der Waals surface area (Å²) in [6, 6.07) is 18.3. The molecule has 32 heavy (non-hydrogen) atoms. The Morgan fingerprint density at radius 1 is 0.969 bits per heavy atom. The third-order valence-corrected chi connectivity index (χ3v) is 8.82. The average Bonchev–Trinajstić information content (AvgIpc) is 3.47. The molecule has 0 radical (unpaired) electrons. The highest BCUT2D eigenvalue weighted by atomic mass is 32.2. The van der Waals surface area contributed by atoms with Crippen molar-refractivity contribution in [2.24, 2.45) is 0 Å². The van der Waals surface area contributed by atoms with Crippen LogP contribution in [0.3, 0.4) is 0 Å². The van der Waals surface area contributed by atoms with Gasteiger partial charge in [0.15, 0.2) is 0 Å². The van der Waals surface area contributed by atoms with Crippen molar-refractivity contribution in [1.82, 2.24) is 10.2 Å². The topological polar surface area (TPSA) is 78.5 Å². The Hall–Kier alpha value is -2.72. The molecule has 4 aromatic rings. The standard InChI is InChI=1S/C23H23N3O3S3/c1-26(2)20(21-9-5-11-30-21)15-24-23(27)18-13-16-7-3-4-8-17(16)14-19(18)25-32(28,29)22-10-6-12-31-22/h3-14,20,25H,15H2,1-2H3,(H,24,27). The first kappa shape index (κ1) is 22.5. The number of carbonyl (C=O) groups excluding carboxylic acids is 1. The molecule has 166 valence electrons. The van der Waals surface area contributed by atoms with Crippen LogP contribution in [0.5, 0.6) is 0 Å². The number of sulfonamides is 1. The van der Waals surface area contributed by atoms with E-state index in [-0.39, 0.29) is 27.4 Å². The maximum Gasteiger partial charge on any atom is 0.271 e. The smallest absolute Gasteiger partial charge is 0.271 e. The SMILES string of the molecule is CN(C)C(CNC(=O)c1cc2ccccc2cc1NS(=O)(=O)c1cccs1)c1cccs1. The van der Waals surface area contributed by atoms with Gasteiger partial charge in [-0.25, -0.2) is 8.42 Å². The van der Waals surface area contributed by atoms with Crippen LogP contribution in [-0.4, -0.2) is 39.9 Å². The van der Waals surface area contributed by atoms with Crippen LogP contribution in [0.25, 0.3) is 10.8 Å². The number of amides is 1. The predicted molar refractivity (Wildman–Crippen MR) is 132 cm³/mol. The molecule has 2 aromatic heterocycles. The summed E-state index contributed by atoms with van der Waals surface area (Å²) in [5.41, 5.74) is 0.541. The number of benzene rings is 2. The summed E-state index contributed by atoms with van der Waals surface area (Å²) in [5.74, 6) is -0.331. The number of hydrogen-bond donors (Lipinski definition) is 2. The Balaban J connectivity index is 1.65. The van der Waals surface area contributed by atoms with Gasteiger partial charge in [-0.05, 0) is 59.9 Å². The van der Waals surface area contributed by atoms with E-state index in [2.05, 4.69) is 10.0 Å². The molecule has 0 spiro atoms. The van der Waals surface area contributed by atoms with Gasteiger partial charge < -0.3 is 10.2 Å². The minimum Gasteiger partial charge on any atom is -0.350 e. The van der Waals surface area contributed by atoms with Gasteiger partial charge >= 0.3 is 0 Å². The largest absolute Gasteiger partial charge is 0.350 e. The fourth-order valence-electron chi connectivity index (χ4n) is 3.43. The lowest BCUT2D eigenvalue weighted by atomic mass is 10.0. The maximum atomic E-state index is 13.2. The van der Waals surface area contributed by atoms with Crippen molar-refractivity contribution in [3.05, 3.63) is 81.9 Å². The molecular formula is C23H23N3O3S3. The minimum atomic E-state index is -3.79. The molecule has 0 fully saturated rings. The summed E-state index contributed by atoms with van der Waals surface area (Å²) in [6.45, 7) is 0.399. The third-order valence-electron chi connectivity index (χ3n) is 5.09. The number of likely N-dealkylation sites (N-methyl/N-ethyl adjacent to an activating group) is 1. The van der Waals surface area contributed by atoms with Crippen LogP contribution in [0.2, 0.25) is 0 Å². The van der Waals surface area contributed by atoms with Crippen LogP contribution in [0.15, 0.2) is 75.6 Å². The minimum absolute atomic E-state index is 0.0191. The molecule has 9 heteroatoms. The van der Waals surface area contributed by atoms with Crippen molar-refractivity contribution in [2.75, 3.05) is 25.4 Å². The lowest BCUT2D eigenvalue weighted by molar-refractivity contribution is 0.0943. The Morgan fingerprint density at radius 2 is 1.66 bits per heavy atom. The Kier molecular flexibility index (Phi) is 6.61. The van der Waals surface area contributed by atoms with Crippen molar-refractivity contribution in [3.8, 4) is 0 Å². The molecule has 0 saturated heterocycles. The zero-order valence-electron chi connectivity index (χ0n) is 17.6. The number of thiophene rings is 2. The van der Waals surface area contributed by atoms with E-state index < -0.39 is 10.0 Å². The van der Waals surface area contributed by atoms with Gasteiger partial charge in [-0.3, -0.25) is 9.52 Å². The Labute approximate surface area is 195 Å². The highest BCUT2D eigenvalue weighted by Gasteiger charge is 2.22. The molecule has 0 saturated carbocycles. The molecule has 0 aliphatic rings. The van der Waals surface area contributed by atoms with Crippen molar-refractivity contribution in [1.29, 1.82) is 0 Å². The van der Waals surface area contributed by atoms with Gasteiger partial charge in [-0.1, -0.05) is 36.4 Å². The molecule has 4 rings (SSSR count). The zero-order valence-corrected chi connectivity index (χ0v) is 20.1. The summed E-state index contributed by atoms with van der Waals surface area (Å²) in [7, 11) is 0.138. The fourth-order valence-corrected chi connectivity index (χ4v) is 6.41. The number of nitrogens with zero attached hydrogens (tertiary/aromatic N) is 1. The van der Waals surface area contributed by atoms with Crippen LogP contribution in [0.4, 0.5) is 5.69 Å². The molecule has 0 bridgehead atoms. The molecule has 2 heterocycles. The van der Waals surface area contributed by atoms with Gasteiger partial charge in [0.05, 0.1) is 17.3 Å². The van der Waals surface area contributed by atoms with Crippen molar-refractivity contribution in [2.45, 2.75) is 10.3 Å². The normalized spacial score (nSPS) is 12.7. The third kappa shape index (κ3) is 4.86. The summed E-state index contributed by atoms with van der Waals surface area (Å²) in [4.78, 5) is 16.4. The van der Waals surface area contributed by atoms with E-state index in [1.807, 2.05) is 60.8 Å². The van der Waals surface area contributed by atoms with E-state index in [1.54, 1.807) is 34.9 Å². The van der Waals surface area contributed by atoms with E-state index in [9.17, 15) is 13.2 Å². The summed E-state index contributed by atoms with van der Waals surface area (Å²) >= 11 is 2.76. The second-order valence-corrected chi connectivity index (χ2v) is 11.3. The Bertz CT molecular complexity index is 1320. The maximum absolute atomic E-state index is 13.2.